The molecule has 0 aliphatic heterocycles. The van der Waals surface area contributed by atoms with Crippen LogP contribution in [0.4, 0.5) is 0 Å². The average Bonchev–Trinajstić information content (AvgIpc) is 3.29. The fourth-order valence-corrected chi connectivity index (χ4v) is 22.5. The van der Waals surface area contributed by atoms with Crippen LogP contribution in [0.1, 0.15) is 95.1 Å². The molecule has 0 aliphatic carbocycles. The fourth-order valence-electron chi connectivity index (χ4n) is 9.62. The number of allylic oxidation sites excluding steroid dienone is 3. The summed E-state index contributed by atoms with van der Waals surface area (Å²) in [7, 11) is -2.73. The Kier molecular flexibility index (Phi) is 20.6. The van der Waals surface area contributed by atoms with Gasteiger partial charge in [-0.1, -0.05) is 64.6 Å². The first-order valence-corrected chi connectivity index (χ1v) is 36.2. The summed E-state index contributed by atoms with van der Waals surface area (Å²) >= 11 is 2.97. The molecule has 0 bridgehead atoms. The third-order valence-corrected chi connectivity index (χ3v) is 36.1. The maximum atomic E-state index is 7.74. The van der Waals surface area contributed by atoms with E-state index >= 15 is 0 Å². The van der Waals surface area contributed by atoms with E-state index in [9.17, 15) is 0 Å². The van der Waals surface area contributed by atoms with Crippen LogP contribution >= 0.6 is 26.3 Å². The Balaban J connectivity index is 1.80. The molecule has 0 aliphatic rings. The molecule has 4 nitrogen and oxygen atoms in total. The monoisotopic (exact) mass is 1090 g/mol. The van der Waals surface area contributed by atoms with Gasteiger partial charge in [0.1, 0.15) is 5.75 Å². The first-order chi connectivity index (χ1) is 31.7. The van der Waals surface area contributed by atoms with Crippen LogP contribution in [0, 0.1) is 29.6 Å². The van der Waals surface area contributed by atoms with E-state index in [1.807, 2.05) is 18.2 Å². The zero-order valence-corrected chi connectivity index (χ0v) is 50.2. The predicted octanol–water partition coefficient (Wildman–Crippen LogP) is 16.5. The molecule has 374 valence electrons. The molecule has 0 N–H and O–H groups in total. The summed E-state index contributed by atoms with van der Waals surface area (Å²) in [6, 6.07) is 42.3. The van der Waals surface area contributed by atoms with Gasteiger partial charge in [0.25, 0.3) is 0 Å². The van der Waals surface area contributed by atoms with E-state index in [4.69, 9.17) is 18.3 Å². The molecule has 4 rings (SSSR count). The summed E-state index contributed by atoms with van der Waals surface area (Å²) in [5.74, 6) is 1.71. The second-order valence-electron chi connectivity index (χ2n) is 23.1. The van der Waals surface area contributed by atoms with Crippen LogP contribution in [0.5, 0.6) is 5.75 Å². The summed E-state index contributed by atoms with van der Waals surface area (Å²) in [5, 5.41) is 4.33. The Hall–Kier alpha value is -2.63. The van der Waals surface area contributed by atoms with E-state index in [2.05, 4.69) is 259 Å². The van der Waals surface area contributed by atoms with E-state index in [1.165, 1.54) is 21.5 Å². The number of benzene rings is 4. The minimum atomic E-state index is -3.10. The van der Waals surface area contributed by atoms with Crippen molar-refractivity contribution in [3.63, 3.8) is 0 Å². The van der Waals surface area contributed by atoms with Crippen molar-refractivity contribution in [1.29, 1.82) is 0 Å². The quantitative estimate of drug-likeness (QED) is 0.0230. The molecule has 0 heterocycles. The van der Waals surface area contributed by atoms with Crippen molar-refractivity contribution < 1.29 is 18.3 Å². The van der Waals surface area contributed by atoms with Crippen LogP contribution in [-0.2, 0) is 20.2 Å². The molecule has 4 aromatic rings. The summed E-state index contributed by atoms with van der Waals surface area (Å²) in [4.78, 5) is 0. The topological polar surface area (TPSA) is 36.9 Å². The molecule has 0 amide bonds. The van der Waals surface area contributed by atoms with Gasteiger partial charge in [-0.3, -0.25) is 0 Å². The summed E-state index contributed by atoms with van der Waals surface area (Å²) in [6.07, 6.45) is 10.5. The molecule has 68 heavy (non-hydrogen) atoms. The number of hydrogen-bond donors (Lipinski definition) is 0. The second-order valence-corrected chi connectivity index (χ2v) is 43.2. The van der Waals surface area contributed by atoms with E-state index in [1.54, 1.807) is 7.11 Å². The normalized spacial score (nSPS) is 17.6. The molecule has 0 aromatic heterocycles. The van der Waals surface area contributed by atoms with Gasteiger partial charge in [0.05, 0.1) is 13.7 Å². The maximum absolute atomic E-state index is 7.74. The standard InChI is InChI=1S/C60H90IO4PSi2/c1-19-20-30-46(3)57(63-43-51-37-39-52(62-14)40-38-51)50(7)58(65-68(17,18)60(11,12)13)48(5)42-45(2)41-47(4)56(64-67(15,16)59(8,9)10)49(6)44-66(61,53-31-24-21-25-32-53,54-33-26-22-27-34-54)55-35-28-23-29-36-55/h19-41,46-50,56-58H,1,42-44H2,2-18H3/b30-20-,45-41+/t46-,47-,48-,49-,50+,56+,57-,58+/m0/s1. The van der Waals surface area contributed by atoms with Crippen LogP contribution in [0.15, 0.2) is 152 Å². The Morgan fingerprint density at radius 3 is 1.49 bits per heavy atom. The van der Waals surface area contributed by atoms with Crippen molar-refractivity contribution in [2.75, 3.05) is 13.3 Å². The predicted molar refractivity (Wildman–Crippen MR) is 313 cm³/mol. The number of ether oxygens (including phenoxy) is 2. The van der Waals surface area contributed by atoms with Crippen molar-refractivity contribution in [2.45, 2.75) is 151 Å². The Morgan fingerprint density at radius 2 is 1.07 bits per heavy atom. The van der Waals surface area contributed by atoms with Crippen LogP contribution < -0.4 is 20.7 Å². The molecule has 0 spiro atoms. The van der Waals surface area contributed by atoms with Gasteiger partial charge in [0.15, 0.2) is 0 Å². The molecular weight excluding hydrogens is 999 g/mol. The van der Waals surface area contributed by atoms with Crippen LogP contribution in [0.3, 0.4) is 0 Å². The molecule has 0 fully saturated rings. The van der Waals surface area contributed by atoms with E-state index in [0.29, 0.717) is 6.61 Å². The van der Waals surface area contributed by atoms with Crippen molar-refractivity contribution in [1.82, 2.24) is 0 Å². The van der Waals surface area contributed by atoms with Crippen molar-refractivity contribution in [3.8, 4) is 5.75 Å². The van der Waals surface area contributed by atoms with Gasteiger partial charge >= 0.3 is 327 Å². The summed E-state index contributed by atoms with van der Waals surface area (Å²) in [6.45, 7) is 42.6. The van der Waals surface area contributed by atoms with Gasteiger partial charge < -0.3 is 4.74 Å². The molecule has 4 aromatic carbocycles. The number of halogens is 1. The van der Waals surface area contributed by atoms with Crippen molar-refractivity contribution in [3.05, 3.63) is 157 Å². The molecular formula is C60H90IO4PSi2. The van der Waals surface area contributed by atoms with Crippen LogP contribution in [0.25, 0.3) is 0 Å². The van der Waals surface area contributed by atoms with E-state index in [-0.39, 0.29) is 58.0 Å². The fraction of sp³-hybridized carbons (Fsp3) is 0.500. The Morgan fingerprint density at radius 1 is 0.632 bits per heavy atom. The van der Waals surface area contributed by atoms with Gasteiger partial charge in [0, 0.05) is 0 Å². The van der Waals surface area contributed by atoms with Crippen LogP contribution in [-0.4, -0.2) is 48.2 Å². The molecule has 0 saturated carbocycles. The number of rotatable bonds is 24. The SMILES string of the molecule is C=C/C=C\[C@H](C)[C@H](OCc1ccc(OC)cc1)[C@@H](C)[C@H](O[Si](C)(C)C(C)(C)C)[C@@H](C)C/C(C)=C/[C@H](C)[C@@H](O[Si](C)(C)C(C)(C)C)[C@@H](C)CP(I)(c1ccccc1)(c1ccccc1)c1ccccc1. The second kappa shape index (κ2) is 24.2. The Labute approximate surface area is 430 Å². The van der Waals surface area contributed by atoms with Gasteiger partial charge in [-0.2, -0.15) is 0 Å². The van der Waals surface area contributed by atoms with Crippen molar-refractivity contribution >= 4 is 58.8 Å². The first-order valence-electron chi connectivity index (χ1n) is 25.2. The zero-order chi connectivity index (χ0) is 50.7. The van der Waals surface area contributed by atoms with E-state index < -0.39 is 20.9 Å². The third kappa shape index (κ3) is 14.1. The number of methoxy groups -OCH3 is 1. The average molecular weight is 1090 g/mol. The molecule has 0 unspecified atom stereocenters. The minimum absolute atomic E-state index is 0.0000145. The molecule has 8 heteroatoms. The third-order valence-electron chi connectivity index (χ3n) is 15.5. The zero-order valence-electron chi connectivity index (χ0n) is 45.2. The number of hydrogen-bond acceptors (Lipinski definition) is 4. The van der Waals surface area contributed by atoms with E-state index in [0.717, 1.165) is 23.9 Å². The summed E-state index contributed by atoms with van der Waals surface area (Å²) in [5.41, 5.74) is 2.51. The van der Waals surface area contributed by atoms with Gasteiger partial charge in [-0.15, -0.1) is 0 Å². The molecule has 8 atom stereocenters. The van der Waals surface area contributed by atoms with Gasteiger partial charge in [-0.25, -0.2) is 0 Å². The first kappa shape index (κ1) is 57.9. The van der Waals surface area contributed by atoms with Gasteiger partial charge in [0.2, 0.25) is 0 Å². The summed E-state index contributed by atoms with van der Waals surface area (Å²) < 4.78 is 24.7. The van der Waals surface area contributed by atoms with Gasteiger partial charge in [-0.05, 0) is 17.7 Å². The van der Waals surface area contributed by atoms with Crippen molar-refractivity contribution in [2.24, 2.45) is 29.6 Å². The molecule has 0 saturated heterocycles. The Bertz CT molecular complexity index is 2110. The molecule has 0 radical (unpaired) electrons. The van der Waals surface area contributed by atoms with Crippen LogP contribution in [0.2, 0.25) is 36.3 Å².